The van der Waals surface area contributed by atoms with Crippen LogP contribution < -0.4 is 5.32 Å². The molecule has 2 saturated carbocycles. The van der Waals surface area contributed by atoms with Crippen LogP contribution in [-0.4, -0.2) is 15.7 Å². The van der Waals surface area contributed by atoms with Gasteiger partial charge in [-0.3, -0.25) is 4.79 Å². The Labute approximate surface area is 127 Å². The Balaban J connectivity index is 1.49. The summed E-state index contributed by atoms with van der Waals surface area (Å²) in [6.45, 7) is 2.20. The summed E-state index contributed by atoms with van der Waals surface area (Å²) in [5, 5.41) is 7.44. The van der Waals surface area contributed by atoms with Gasteiger partial charge in [-0.15, -0.1) is 0 Å². The number of hydrogen-bond acceptors (Lipinski definition) is 2. The van der Waals surface area contributed by atoms with Crippen molar-refractivity contribution in [2.45, 2.75) is 70.8 Å². The molecule has 1 atom stereocenters. The zero-order valence-corrected chi connectivity index (χ0v) is 13.1. The number of aromatic nitrogens is 2. The highest BCUT2D eigenvalue weighted by Gasteiger charge is 2.30. The van der Waals surface area contributed by atoms with E-state index in [1.54, 1.807) is 6.20 Å². The first kappa shape index (κ1) is 14.6. The number of amides is 1. The van der Waals surface area contributed by atoms with Crippen molar-refractivity contribution in [3.05, 3.63) is 12.3 Å². The Morgan fingerprint density at radius 3 is 2.81 bits per heavy atom. The van der Waals surface area contributed by atoms with Crippen LogP contribution in [0.25, 0.3) is 0 Å². The van der Waals surface area contributed by atoms with E-state index >= 15 is 0 Å². The van der Waals surface area contributed by atoms with Gasteiger partial charge in [-0.25, -0.2) is 4.68 Å². The number of anilines is 1. The Bertz CT molecular complexity index is 472. The number of rotatable bonds is 6. The standard InChI is InChI=1S/C17H27N3O/c1-13(15-8-9-15)20-16(11-12-18-20)19-17(21)10-7-14-5-3-2-4-6-14/h11-15H,2-10H2,1H3,(H,19,21). The molecule has 1 aromatic heterocycles. The van der Waals surface area contributed by atoms with E-state index in [9.17, 15) is 4.79 Å². The molecule has 1 N–H and O–H groups in total. The minimum absolute atomic E-state index is 0.144. The molecule has 0 bridgehead atoms. The molecule has 0 spiro atoms. The van der Waals surface area contributed by atoms with Crippen molar-refractivity contribution in [2.75, 3.05) is 5.32 Å². The van der Waals surface area contributed by atoms with Gasteiger partial charge in [0.25, 0.3) is 0 Å². The molecule has 0 saturated heterocycles. The molecule has 1 aromatic rings. The average Bonchev–Trinajstić information content (AvgIpc) is 3.26. The fourth-order valence-electron chi connectivity index (χ4n) is 3.53. The second-order valence-electron chi connectivity index (χ2n) is 6.83. The lowest BCUT2D eigenvalue weighted by Gasteiger charge is -2.21. The molecule has 1 unspecified atom stereocenters. The molecular weight excluding hydrogens is 262 g/mol. The summed E-state index contributed by atoms with van der Waals surface area (Å²) >= 11 is 0. The monoisotopic (exact) mass is 289 g/mol. The number of nitrogens with zero attached hydrogens (tertiary/aromatic N) is 2. The summed E-state index contributed by atoms with van der Waals surface area (Å²) in [7, 11) is 0. The molecule has 1 amide bonds. The summed E-state index contributed by atoms with van der Waals surface area (Å²) in [5.41, 5.74) is 0. The van der Waals surface area contributed by atoms with Crippen LogP contribution >= 0.6 is 0 Å². The first-order valence-electron chi connectivity index (χ1n) is 8.57. The van der Waals surface area contributed by atoms with Gasteiger partial charge in [0, 0.05) is 12.5 Å². The van der Waals surface area contributed by atoms with Gasteiger partial charge in [-0.05, 0) is 38.0 Å². The van der Waals surface area contributed by atoms with E-state index in [-0.39, 0.29) is 5.91 Å². The highest BCUT2D eigenvalue weighted by atomic mass is 16.1. The van der Waals surface area contributed by atoms with Crippen molar-refractivity contribution in [2.24, 2.45) is 11.8 Å². The molecule has 4 heteroatoms. The minimum atomic E-state index is 0.144. The van der Waals surface area contributed by atoms with Crippen molar-refractivity contribution in [3.8, 4) is 0 Å². The molecule has 0 aromatic carbocycles. The first-order chi connectivity index (χ1) is 10.2. The zero-order valence-electron chi connectivity index (χ0n) is 13.1. The molecule has 0 radical (unpaired) electrons. The van der Waals surface area contributed by atoms with Gasteiger partial charge < -0.3 is 5.32 Å². The van der Waals surface area contributed by atoms with Crippen molar-refractivity contribution >= 4 is 11.7 Å². The van der Waals surface area contributed by atoms with Crippen LogP contribution in [0.2, 0.25) is 0 Å². The largest absolute Gasteiger partial charge is 0.311 e. The Kier molecular flexibility index (Phi) is 4.61. The third-order valence-electron chi connectivity index (χ3n) is 5.13. The van der Waals surface area contributed by atoms with Crippen LogP contribution in [0, 0.1) is 11.8 Å². The average molecular weight is 289 g/mol. The van der Waals surface area contributed by atoms with Gasteiger partial charge in [0.1, 0.15) is 5.82 Å². The predicted octanol–water partition coefficient (Wildman–Crippen LogP) is 4.15. The highest BCUT2D eigenvalue weighted by molar-refractivity contribution is 5.89. The molecule has 2 aliphatic carbocycles. The van der Waals surface area contributed by atoms with Gasteiger partial charge in [0.05, 0.1) is 12.2 Å². The first-order valence-corrected chi connectivity index (χ1v) is 8.57. The topological polar surface area (TPSA) is 46.9 Å². The van der Waals surface area contributed by atoms with E-state index in [1.807, 2.05) is 10.7 Å². The number of hydrogen-bond donors (Lipinski definition) is 1. The predicted molar refractivity (Wildman–Crippen MR) is 84.1 cm³/mol. The third-order valence-corrected chi connectivity index (χ3v) is 5.13. The molecular formula is C17H27N3O. The molecule has 1 heterocycles. The van der Waals surface area contributed by atoms with Crippen molar-refractivity contribution < 1.29 is 4.79 Å². The summed E-state index contributed by atoms with van der Waals surface area (Å²) in [5.74, 6) is 2.51. The second-order valence-corrected chi connectivity index (χ2v) is 6.83. The van der Waals surface area contributed by atoms with Crippen LogP contribution in [0.1, 0.15) is 70.8 Å². The normalized spacial score (nSPS) is 21.2. The highest BCUT2D eigenvalue weighted by Crippen LogP contribution is 2.40. The Morgan fingerprint density at radius 1 is 1.33 bits per heavy atom. The summed E-state index contributed by atoms with van der Waals surface area (Å²) < 4.78 is 1.98. The van der Waals surface area contributed by atoms with E-state index in [0.717, 1.165) is 24.1 Å². The van der Waals surface area contributed by atoms with Crippen molar-refractivity contribution in [1.82, 2.24) is 9.78 Å². The van der Waals surface area contributed by atoms with Crippen molar-refractivity contribution in [1.29, 1.82) is 0 Å². The number of carbonyl (C=O) groups is 1. The van der Waals surface area contributed by atoms with E-state index in [4.69, 9.17) is 0 Å². The minimum Gasteiger partial charge on any atom is -0.311 e. The fourth-order valence-corrected chi connectivity index (χ4v) is 3.53. The number of carbonyl (C=O) groups excluding carboxylic acids is 1. The summed E-state index contributed by atoms with van der Waals surface area (Å²) in [6, 6.07) is 2.31. The lowest BCUT2D eigenvalue weighted by atomic mass is 9.86. The molecule has 3 rings (SSSR count). The second kappa shape index (κ2) is 6.63. The van der Waals surface area contributed by atoms with Gasteiger partial charge in [0.15, 0.2) is 0 Å². The lowest BCUT2D eigenvalue weighted by Crippen LogP contribution is -2.19. The Hall–Kier alpha value is -1.32. The van der Waals surface area contributed by atoms with Gasteiger partial charge in [-0.2, -0.15) is 5.10 Å². The molecule has 4 nitrogen and oxygen atoms in total. The van der Waals surface area contributed by atoms with Gasteiger partial charge in [0.2, 0.25) is 5.91 Å². The zero-order chi connectivity index (χ0) is 14.7. The molecule has 21 heavy (non-hydrogen) atoms. The van der Waals surface area contributed by atoms with Gasteiger partial charge in [-0.1, -0.05) is 32.1 Å². The summed E-state index contributed by atoms with van der Waals surface area (Å²) in [4.78, 5) is 12.2. The fraction of sp³-hybridized carbons (Fsp3) is 0.765. The van der Waals surface area contributed by atoms with E-state index in [2.05, 4.69) is 17.3 Å². The molecule has 2 aliphatic rings. The lowest BCUT2D eigenvalue weighted by molar-refractivity contribution is -0.116. The third kappa shape index (κ3) is 3.86. The van der Waals surface area contributed by atoms with Crippen LogP contribution in [0.15, 0.2) is 12.3 Å². The quantitative estimate of drug-likeness (QED) is 0.855. The maximum absolute atomic E-state index is 12.2. The maximum Gasteiger partial charge on any atom is 0.225 e. The van der Waals surface area contributed by atoms with E-state index in [1.165, 1.54) is 44.9 Å². The van der Waals surface area contributed by atoms with Gasteiger partial charge >= 0.3 is 0 Å². The van der Waals surface area contributed by atoms with Crippen LogP contribution in [-0.2, 0) is 4.79 Å². The molecule has 0 aliphatic heterocycles. The van der Waals surface area contributed by atoms with E-state index in [0.29, 0.717) is 12.5 Å². The van der Waals surface area contributed by atoms with Crippen LogP contribution in [0.5, 0.6) is 0 Å². The van der Waals surface area contributed by atoms with Crippen LogP contribution in [0.4, 0.5) is 5.82 Å². The number of nitrogens with one attached hydrogen (secondary N) is 1. The van der Waals surface area contributed by atoms with Crippen LogP contribution in [0.3, 0.4) is 0 Å². The molecule has 2 fully saturated rings. The Morgan fingerprint density at radius 2 is 2.10 bits per heavy atom. The molecule has 116 valence electrons. The smallest absolute Gasteiger partial charge is 0.225 e. The summed E-state index contributed by atoms with van der Waals surface area (Å²) in [6.07, 6.45) is 12.7. The van der Waals surface area contributed by atoms with Crippen molar-refractivity contribution in [3.63, 3.8) is 0 Å². The SMILES string of the molecule is CC(C1CC1)n1nccc1NC(=O)CCC1CCCCC1. The maximum atomic E-state index is 12.2. The van der Waals surface area contributed by atoms with E-state index < -0.39 is 0 Å².